The average Bonchev–Trinajstić information content (AvgIpc) is 3.03. The van der Waals surface area contributed by atoms with Gasteiger partial charge < -0.3 is 0 Å². The third-order valence-corrected chi connectivity index (χ3v) is 4.08. The van der Waals surface area contributed by atoms with E-state index >= 15 is 0 Å². The van der Waals surface area contributed by atoms with E-state index < -0.39 is 0 Å². The summed E-state index contributed by atoms with van der Waals surface area (Å²) in [4.78, 5) is 13.6. The maximum atomic E-state index is 12.4. The Kier molecular flexibility index (Phi) is 4.71. The Morgan fingerprint density at radius 1 is 1.12 bits per heavy atom. The van der Waals surface area contributed by atoms with Crippen molar-refractivity contribution >= 4 is 17.4 Å². The van der Waals surface area contributed by atoms with Crippen LogP contribution < -0.4 is 0 Å². The Balaban J connectivity index is 1.75. The molecular formula is C18H17ClN4O. The highest BCUT2D eigenvalue weighted by Gasteiger charge is 2.13. The first-order chi connectivity index (χ1) is 11.5. The Hall–Kier alpha value is -2.53. The monoisotopic (exact) mass is 340 g/mol. The fourth-order valence-electron chi connectivity index (χ4n) is 2.33. The molecule has 5 nitrogen and oxygen atoms in total. The second kappa shape index (κ2) is 6.93. The van der Waals surface area contributed by atoms with Crippen LogP contribution in [0.3, 0.4) is 0 Å². The molecule has 1 aromatic heterocycles. The third-order valence-electron chi connectivity index (χ3n) is 3.75. The molecule has 1 heterocycles. The molecule has 0 aliphatic heterocycles. The highest BCUT2D eigenvalue weighted by Crippen LogP contribution is 2.23. The summed E-state index contributed by atoms with van der Waals surface area (Å²) in [7, 11) is 0. The van der Waals surface area contributed by atoms with E-state index in [1.807, 2.05) is 42.5 Å². The number of ketones is 1. The van der Waals surface area contributed by atoms with Crippen LogP contribution >= 0.6 is 11.6 Å². The number of aromatic nitrogens is 4. The zero-order valence-electron chi connectivity index (χ0n) is 13.5. The van der Waals surface area contributed by atoms with Crippen molar-refractivity contribution in [1.82, 2.24) is 20.2 Å². The van der Waals surface area contributed by atoms with Gasteiger partial charge in [-0.1, -0.05) is 61.8 Å². The first-order valence-electron chi connectivity index (χ1n) is 7.70. The maximum absolute atomic E-state index is 12.4. The van der Waals surface area contributed by atoms with Crippen LogP contribution in [0.15, 0.2) is 48.5 Å². The Labute approximate surface area is 145 Å². The minimum Gasteiger partial charge on any atom is -0.292 e. The molecule has 122 valence electrons. The zero-order chi connectivity index (χ0) is 17.1. The van der Waals surface area contributed by atoms with Crippen LogP contribution in [0.4, 0.5) is 0 Å². The van der Waals surface area contributed by atoms with Crippen LogP contribution in [0.25, 0.3) is 11.4 Å². The molecule has 3 rings (SSSR count). The largest absolute Gasteiger partial charge is 0.292 e. The van der Waals surface area contributed by atoms with Gasteiger partial charge in [0.15, 0.2) is 5.78 Å². The van der Waals surface area contributed by atoms with E-state index in [1.54, 1.807) is 6.07 Å². The maximum Gasteiger partial charge on any atom is 0.206 e. The van der Waals surface area contributed by atoms with Crippen molar-refractivity contribution < 1.29 is 4.79 Å². The fraction of sp³-hybridized carbons (Fsp3) is 0.222. The third kappa shape index (κ3) is 3.51. The molecule has 0 fully saturated rings. The number of Topliss-reactive ketones (excluding diaryl/α,β-unsaturated/α-hetero) is 1. The van der Waals surface area contributed by atoms with Gasteiger partial charge in [0.25, 0.3) is 0 Å². The van der Waals surface area contributed by atoms with Crippen LogP contribution in [0, 0.1) is 0 Å². The first kappa shape index (κ1) is 16.3. The van der Waals surface area contributed by atoms with E-state index in [2.05, 4.69) is 29.3 Å². The Morgan fingerprint density at radius 3 is 2.50 bits per heavy atom. The van der Waals surface area contributed by atoms with E-state index in [0.29, 0.717) is 27.9 Å². The van der Waals surface area contributed by atoms with Gasteiger partial charge in [0.2, 0.25) is 5.82 Å². The molecule has 0 saturated heterocycles. The standard InChI is InChI=1S/C18H17ClN4O/c1-12(2)13-7-9-14(10-8-13)17(24)11-23-21-18(20-22-23)15-5-3-4-6-16(15)19/h3-10,12H,11H2,1-2H3. The molecule has 0 radical (unpaired) electrons. The number of nitrogens with zero attached hydrogens (tertiary/aromatic N) is 4. The molecule has 0 aliphatic rings. The summed E-state index contributed by atoms with van der Waals surface area (Å²) < 4.78 is 0. The van der Waals surface area contributed by atoms with Crippen LogP contribution in [-0.4, -0.2) is 26.0 Å². The van der Waals surface area contributed by atoms with Crippen molar-refractivity contribution in [1.29, 1.82) is 0 Å². The molecule has 0 unspecified atom stereocenters. The van der Waals surface area contributed by atoms with Crippen molar-refractivity contribution in [2.75, 3.05) is 0 Å². The van der Waals surface area contributed by atoms with Crippen LogP contribution in [-0.2, 0) is 6.54 Å². The van der Waals surface area contributed by atoms with Gasteiger partial charge in [0.05, 0.1) is 5.02 Å². The second-order valence-electron chi connectivity index (χ2n) is 5.82. The summed E-state index contributed by atoms with van der Waals surface area (Å²) in [5, 5.41) is 12.7. The SMILES string of the molecule is CC(C)c1ccc(C(=O)Cn2nnc(-c3ccccc3Cl)n2)cc1. The quantitative estimate of drug-likeness (QED) is 0.659. The topological polar surface area (TPSA) is 60.7 Å². The van der Waals surface area contributed by atoms with Gasteiger partial charge in [0.1, 0.15) is 6.54 Å². The molecule has 0 spiro atoms. The lowest BCUT2D eigenvalue weighted by molar-refractivity contribution is 0.0961. The number of hydrogen-bond donors (Lipinski definition) is 0. The molecule has 0 N–H and O–H groups in total. The molecule has 0 aliphatic carbocycles. The summed E-state index contributed by atoms with van der Waals surface area (Å²) in [6, 6.07) is 14.9. The first-order valence-corrected chi connectivity index (χ1v) is 8.08. The van der Waals surface area contributed by atoms with Crippen molar-refractivity contribution in [3.05, 3.63) is 64.7 Å². The van der Waals surface area contributed by atoms with Gasteiger partial charge in [-0.3, -0.25) is 4.79 Å². The second-order valence-corrected chi connectivity index (χ2v) is 6.23. The zero-order valence-corrected chi connectivity index (χ0v) is 14.2. The van der Waals surface area contributed by atoms with Gasteiger partial charge in [-0.15, -0.1) is 10.2 Å². The van der Waals surface area contributed by atoms with E-state index in [4.69, 9.17) is 11.6 Å². The predicted molar refractivity (Wildman–Crippen MR) is 93.1 cm³/mol. The molecule has 0 saturated carbocycles. The average molecular weight is 341 g/mol. The highest BCUT2D eigenvalue weighted by atomic mass is 35.5. The Bertz CT molecular complexity index is 855. The van der Waals surface area contributed by atoms with E-state index in [-0.39, 0.29) is 12.3 Å². The summed E-state index contributed by atoms with van der Waals surface area (Å²) in [5.41, 5.74) is 2.53. The predicted octanol–water partition coefficient (Wildman–Crippen LogP) is 4.00. The molecule has 0 atom stereocenters. The van der Waals surface area contributed by atoms with Gasteiger partial charge in [-0.2, -0.15) is 4.80 Å². The minimum absolute atomic E-state index is 0.0402. The molecule has 0 bridgehead atoms. The number of halogens is 1. The van der Waals surface area contributed by atoms with Crippen LogP contribution in [0.1, 0.15) is 35.7 Å². The summed E-state index contributed by atoms with van der Waals surface area (Å²) in [6.07, 6.45) is 0. The number of rotatable bonds is 5. The smallest absolute Gasteiger partial charge is 0.206 e. The number of hydrogen-bond acceptors (Lipinski definition) is 4. The molecule has 0 amide bonds. The normalized spacial score (nSPS) is 11.0. The van der Waals surface area contributed by atoms with E-state index in [1.165, 1.54) is 10.4 Å². The molecule has 3 aromatic rings. The van der Waals surface area contributed by atoms with Gasteiger partial charge in [-0.05, 0) is 28.8 Å². The number of carbonyl (C=O) groups is 1. The lowest BCUT2D eigenvalue weighted by atomic mass is 10.0. The van der Waals surface area contributed by atoms with Crippen molar-refractivity contribution in [2.45, 2.75) is 26.3 Å². The molecule has 24 heavy (non-hydrogen) atoms. The molecular weight excluding hydrogens is 324 g/mol. The van der Waals surface area contributed by atoms with Gasteiger partial charge in [0, 0.05) is 11.1 Å². The van der Waals surface area contributed by atoms with Crippen molar-refractivity contribution in [3.63, 3.8) is 0 Å². The number of carbonyl (C=O) groups excluding carboxylic acids is 1. The van der Waals surface area contributed by atoms with Gasteiger partial charge >= 0.3 is 0 Å². The lowest BCUT2D eigenvalue weighted by Crippen LogP contribution is -2.13. The lowest BCUT2D eigenvalue weighted by Gasteiger charge is -2.06. The minimum atomic E-state index is -0.0617. The number of benzene rings is 2. The number of tetrazole rings is 1. The van der Waals surface area contributed by atoms with Crippen LogP contribution in [0.2, 0.25) is 5.02 Å². The summed E-state index contributed by atoms with van der Waals surface area (Å²) >= 11 is 6.13. The van der Waals surface area contributed by atoms with Crippen molar-refractivity contribution in [2.24, 2.45) is 0 Å². The van der Waals surface area contributed by atoms with Crippen LogP contribution in [0.5, 0.6) is 0 Å². The van der Waals surface area contributed by atoms with Crippen molar-refractivity contribution in [3.8, 4) is 11.4 Å². The van der Waals surface area contributed by atoms with E-state index in [9.17, 15) is 4.79 Å². The van der Waals surface area contributed by atoms with Gasteiger partial charge in [-0.25, -0.2) is 0 Å². The Morgan fingerprint density at radius 2 is 1.83 bits per heavy atom. The fourth-order valence-corrected chi connectivity index (χ4v) is 2.55. The summed E-state index contributed by atoms with van der Waals surface area (Å²) in [6.45, 7) is 4.28. The molecule has 6 heteroatoms. The summed E-state index contributed by atoms with van der Waals surface area (Å²) in [5.74, 6) is 0.779. The molecule has 2 aromatic carbocycles. The highest BCUT2D eigenvalue weighted by molar-refractivity contribution is 6.33. The van der Waals surface area contributed by atoms with E-state index in [0.717, 1.165) is 0 Å².